The summed E-state index contributed by atoms with van der Waals surface area (Å²) in [6, 6.07) is -0.268. The first-order valence-electron chi connectivity index (χ1n) is 5.41. The molecule has 0 aliphatic rings. The lowest BCUT2D eigenvalue weighted by molar-refractivity contribution is 0.0886. The van der Waals surface area contributed by atoms with E-state index in [1.807, 2.05) is 20.8 Å². The molecule has 1 heterocycles. The predicted molar refractivity (Wildman–Crippen MR) is 58.9 cm³/mol. The summed E-state index contributed by atoms with van der Waals surface area (Å²) in [6.45, 7) is 5.69. The Labute approximate surface area is 94.5 Å². The van der Waals surface area contributed by atoms with Crippen LogP contribution < -0.4 is 5.32 Å². The first-order chi connectivity index (χ1) is 7.58. The molecule has 0 bridgehead atoms. The van der Waals surface area contributed by atoms with Crippen LogP contribution in [-0.4, -0.2) is 38.8 Å². The monoisotopic (exact) mass is 226 g/mol. The van der Waals surface area contributed by atoms with E-state index >= 15 is 0 Å². The number of rotatable bonds is 5. The van der Waals surface area contributed by atoms with Crippen LogP contribution in [0.25, 0.3) is 0 Å². The second-order valence-corrected chi connectivity index (χ2v) is 3.97. The average Bonchev–Trinajstić information content (AvgIpc) is 2.73. The standard InChI is InChI=1S/C10H18N4O2/c1-4-8-12-9(14-13-8)10(16)11-7(5-15)6(2)3/h6-7,15H,4-5H2,1-3H3,(H,11,16)(H,12,13,14). The molecule has 0 saturated carbocycles. The van der Waals surface area contributed by atoms with Gasteiger partial charge in [-0.25, -0.2) is 4.98 Å². The number of aromatic amines is 1. The molecule has 6 heteroatoms. The minimum Gasteiger partial charge on any atom is -0.394 e. The summed E-state index contributed by atoms with van der Waals surface area (Å²) in [5.74, 6) is 0.605. The molecule has 6 nitrogen and oxygen atoms in total. The maximum atomic E-state index is 11.7. The molecule has 0 aliphatic carbocycles. The lowest BCUT2D eigenvalue weighted by Crippen LogP contribution is -2.41. The molecule has 0 aromatic carbocycles. The number of aliphatic hydroxyl groups excluding tert-OH is 1. The lowest BCUT2D eigenvalue weighted by atomic mass is 10.1. The van der Waals surface area contributed by atoms with Crippen molar-refractivity contribution in [3.63, 3.8) is 0 Å². The zero-order valence-electron chi connectivity index (χ0n) is 9.82. The van der Waals surface area contributed by atoms with Gasteiger partial charge in [0.05, 0.1) is 12.6 Å². The maximum absolute atomic E-state index is 11.7. The number of H-pyrrole nitrogens is 1. The van der Waals surface area contributed by atoms with Crippen LogP contribution in [0.3, 0.4) is 0 Å². The van der Waals surface area contributed by atoms with Crippen molar-refractivity contribution in [3.05, 3.63) is 11.6 Å². The predicted octanol–water partition coefficient (Wildman–Crippen LogP) is 0.114. The van der Waals surface area contributed by atoms with Gasteiger partial charge in [0, 0.05) is 6.42 Å². The summed E-state index contributed by atoms with van der Waals surface area (Å²) in [5, 5.41) is 18.2. The van der Waals surface area contributed by atoms with Gasteiger partial charge in [0.1, 0.15) is 5.82 Å². The summed E-state index contributed by atoms with van der Waals surface area (Å²) < 4.78 is 0. The quantitative estimate of drug-likeness (QED) is 0.664. The Bertz CT molecular complexity index is 348. The highest BCUT2D eigenvalue weighted by molar-refractivity contribution is 5.90. The molecule has 3 N–H and O–H groups in total. The van der Waals surface area contributed by atoms with E-state index in [-0.39, 0.29) is 30.3 Å². The summed E-state index contributed by atoms with van der Waals surface area (Å²) in [6.07, 6.45) is 0.702. The molecule has 0 fully saturated rings. The van der Waals surface area contributed by atoms with Crippen LogP contribution in [-0.2, 0) is 6.42 Å². The van der Waals surface area contributed by atoms with Crippen molar-refractivity contribution in [2.24, 2.45) is 5.92 Å². The van der Waals surface area contributed by atoms with Crippen molar-refractivity contribution < 1.29 is 9.90 Å². The van der Waals surface area contributed by atoms with Gasteiger partial charge in [-0.3, -0.25) is 9.89 Å². The highest BCUT2D eigenvalue weighted by Gasteiger charge is 2.18. The molecule has 1 rings (SSSR count). The molecular weight excluding hydrogens is 208 g/mol. The van der Waals surface area contributed by atoms with Crippen LogP contribution in [0.2, 0.25) is 0 Å². The van der Waals surface area contributed by atoms with Gasteiger partial charge in [-0.1, -0.05) is 20.8 Å². The van der Waals surface area contributed by atoms with Crippen LogP contribution >= 0.6 is 0 Å². The van der Waals surface area contributed by atoms with E-state index in [0.717, 1.165) is 0 Å². The van der Waals surface area contributed by atoms with Crippen LogP contribution in [0.4, 0.5) is 0 Å². The Morgan fingerprint density at radius 1 is 1.56 bits per heavy atom. The van der Waals surface area contributed by atoms with Gasteiger partial charge in [0.15, 0.2) is 0 Å². The van der Waals surface area contributed by atoms with Gasteiger partial charge in [0.25, 0.3) is 5.91 Å². The minimum atomic E-state index is -0.358. The molecule has 90 valence electrons. The second kappa shape index (κ2) is 5.60. The van der Waals surface area contributed by atoms with E-state index in [4.69, 9.17) is 5.11 Å². The molecule has 0 saturated heterocycles. The topological polar surface area (TPSA) is 90.9 Å². The van der Waals surface area contributed by atoms with E-state index in [2.05, 4.69) is 20.5 Å². The summed E-state index contributed by atoms with van der Waals surface area (Å²) in [7, 11) is 0. The molecule has 0 radical (unpaired) electrons. The van der Waals surface area contributed by atoms with Crippen LogP contribution in [0.1, 0.15) is 37.2 Å². The fraction of sp³-hybridized carbons (Fsp3) is 0.700. The Morgan fingerprint density at radius 2 is 2.25 bits per heavy atom. The Balaban J connectivity index is 2.64. The molecule has 16 heavy (non-hydrogen) atoms. The average molecular weight is 226 g/mol. The summed E-state index contributed by atoms with van der Waals surface area (Å²) >= 11 is 0. The van der Waals surface area contributed by atoms with E-state index in [1.54, 1.807) is 0 Å². The molecule has 1 atom stereocenters. The summed E-state index contributed by atoms with van der Waals surface area (Å²) in [4.78, 5) is 15.7. The normalized spacial score (nSPS) is 12.8. The van der Waals surface area contributed by atoms with Gasteiger partial charge in [0.2, 0.25) is 5.82 Å². The van der Waals surface area contributed by atoms with E-state index in [9.17, 15) is 4.79 Å². The number of hydrogen-bond acceptors (Lipinski definition) is 4. The third-order valence-electron chi connectivity index (χ3n) is 2.39. The fourth-order valence-electron chi connectivity index (χ4n) is 1.21. The fourth-order valence-corrected chi connectivity index (χ4v) is 1.21. The first-order valence-corrected chi connectivity index (χ1v) is 5.41. The van der Waals surface area contributed by atoms with Crippen LogP contribution in [0, 0.1) is 5.92 Å². The van der Waals surface area contributed by atoms with Gasteiger partial charge < -0.3 is 10.4 Å². The van der Waals surface area contributed by atoms with Crippen molar-refractivity contribution in [2.75, 3.05) is 6.61 Å². The zero-order chi connectivity index (χ0) is 12.1. The number of nitrogens with zero attached hydrogens (tertiary/aromatic N) is 2. The Kier molecular flexibility index (Phi) is 4.42. The highest BCUT2D eigenvalue weighted by atomic mass is 16.3. The Hall–Kier alpha value is -1.43. The van der Waals surface area contributed by atoms with Crippen molar-refractivity contribution in [1.29, 1.82) is 0 Å². The highest BCUT2D eigenvalue weighted by Crippen LogP contribution is 2.02. The molecule has 1 unspecified atom stereocenters. The van der Waals surface area contributed by atoms with E-state index in [1.165, 1.54) is 0 Å². The van der Waals surface area contributed by atoms with Crippen molar-refractivity contribution in [1.82, 2.24) is 20.5 Å². The summed E-state index contributed by atoms with van der Waals surface area (Å²) in [5.41, 5.74) is 0. The molecule has 0 aliphatic heterocycles. The number of aromatic nitrogens is 3. The third-order valence-corrected chi connectivity index (χ3v) is 2.39. The van der Waals surface area contributed by atoms with E-state index in [0.29, 0.717) is 12.2 Å². The SMILES string of the molecule is CCc1nc(C(=O)NC(CO)C(C)C)n[nH]1. The molecule has 1 amide bonds. The van der Waals surface area contributed by atoms with Gasteiger partial charge in [-0.15, -0.1) is 5.10 Å². The maximum Gasteiger partial charge on any atom is 0.291 e. The van der Waals surface area contributed by atoms with Gasteiger partial charge in [-0.2, -0.15) is 0 Å². The number of nitrogens with one attached hydrogen (secondary N) is 2. The van der Waals surface area contributed by atoms with Gasteiger partial charge in [-0.05, 0) is 5.92 Å². The van der Waals surface area contributed by atoms with Crippen molar-refractivity contribution in [2.45, 2.75) is 33.2 Å². The number of aryl methyl sites for hydroxylation is 1. The Morgan fingerprint density at radius 3 is 2.69 bits per heavy atom. The lowest BCUT2D eigenvalue weighted by Gasteiger charge is -2.18. The zero-order valence-corrected chi connectivity index (χ0v) is 9.82. The molecular formula is C10H18N4O2. The molecule has 1 aromatic rings. The number of carbonyl (C=O) groups excluding carboxylic acids is 1. The third kappa shape index (κ3) is 3.03. The molecule has 1 aromatic heterocycles. The largest absolute Gasteiger partial charge is 0.394 e. The van der Waals surface area contributed by atoms with Crippen molar-refractivity contribution in [3.8, 4) is 0 Å². The number of amides is 1. The first kappa shape index (κ1) is 12.6. The minimum absolute atomic E-state index is 0.0888. The van der Waals surface area contributed by atoms with Crippen molar-refractivity contribution >= 4 is 5.91 Å². The molecule has 0 spiro atoms. The van der Waals surface area contributed by atoms with E-state index < -0.39 is 0 Å². The van der Waals surface area contributed by atoms with Crippen LogP contribution in [0.15, 0.2) is 0 Å². The van der Waals surface area contributed by atoms with Crippen LogP contribution in [0.5, 0.6) is 0 Å². The second-order valence-electron chi connectivity index (χ2n) is 3.97. The number of carbonyl (C=O) groups is 1. The number of hydrogen-bond donors (Lipinski definition) is 3. The smallest absolute Gasteiger partial charge is 0.291 e. The number of aliphatic hydroxyl groups is 1. The van der Waals surface area contributed by atoms with Gasteiger partial charge >= 0.3 is 0 Å².